The molecule has 3 rings (SSSR count). The third kappa shape index (κ3) is 5.64. The fourth-order valence-electron chi connectivity index (χ4n) is 3.52. The quantitative estimate of drug-likeness (QED) is 0.280. The average Bonchev–Trinajstić information content (AvgIpc) is 2.87. The lowest BCUT2D eigenvalue weighted by Gasteiger charge is -2.23. The van der Waals surface area contributed by atoms with Crippen molar-refractivity contribution in [2.45, 2.75) is 13.8 Å². The zero-order valence-corrected chi connectivity index (χ0v) is 20.0. The van der Waals surface area contributed by atoms with Crippen LogP contribution >= 0.6 is 0 Å². The van der Waals surface area contributed by atoms with Gasteiger partial charge in [0.15, 0.2) is 11.7 Å². The van der Waals surface area contributed by atoms with Crippen LogP contribution in [0.25, 0.3) is 17.2 Å². The molecule has 184 valence electrons. The number of carbonyl (C=O) groups excluding carboxylic acids is 2. The van der Waals surface area contributed by atoms with E-state index in [0.29, 0.717) is 17.8 Å². The molecule has 9 nitrogen and oxygen atoms in total. The Labute approximate surface area is 208 Å². The highest BCUT2D eigenvalue weighted by molar-refractivity contribution is 6.23. The first kappa shape index (κ1) is 25.8. The minimum absolute atomic E-state index is 0.0537. The Morgan fingerprint density at radius 1 is 1.11 bits per heavy atom. The first-order valence-electron chi connectivity index (χ1n) is 11.2. The number of nitrogens with zero attached hydrogens (tertiary/aromatic N) is 2. The van der Waals surface area contributed by atoms with Crippen molar-refractivity contribution in [2.24, 2.45) is 11.7 Å². The first-order chi connectivity index (χ1) is 17.1. The topological polar surface area (TPSA) is 149 Å². The number of hydrogen-bond donors (Lipinski definition) is 4. The Morgan fingerprint density at radius 2 is 1.78 bits per heavy atom. The average molecular weight is 486 g/mol. The number of benzene rings is 2. The van der Waals surface area contributed by atoms with Crippen LogP contribution < -0.4 is 16.0 Å². The van der Waals surface area contributed by atoms with Crippen LogP contribution in [0.15, 0.2) is 67.2 Å². The molecule has 5 N–H and O–H groups in total. The third-order valence-corrected chi connectivity index (χ3v) is 5.26. The van der Waals surface area contributed by atoms with Crippen molar-refractivity contribution in [1.29, 1.82) is 5.41 Å². The van der Waals surface area contributed by atoms with Gasteiger partial charge in [-0.1, -0.05) is 56.8 Å². The van der Waals surface area contributed by atoms with Gasteiger partial charge in [-0.15, -0.1) is 0 Å². The maximum atomic E-state index is 13.7. The second-order valence-corrected chi connectivity index (χ2v) is 8.37. The second kappa shape index (κ2) is 11.1. The van der Waals surface area contributed by atoms with Crippen molar-refractivity contribution in [1.82, 2.24) is 10.3 Å². The van der Waals surface area contributed by atoms with E-state index < -0.39 is 23.7 Å². The largest absolute Gasteiger partial charge is 0.476 e. The van der Waals surface area contributed by atoms with E-state index in [2.05, 4.69) is 16.9 Å². The zero-order valence-electron chi connectivity index (χ0n) is 20.0. The molecule has 3 aromatic rings. The van der Waals surface area contributed by atoms with E-state index in [1.807, 2.05) is 13.8 Å². The zero-order chi connectivity index (χ0) is 26.4. The third-order valence-electron chi connectivity index (χ3n) is 5.26. The van der Waals surface area contributed by atoms with Gasteiger partial charge in [-0.05, 0) is 47.4 Å². The molecule has 0 bridgehead atoms. The van der Waals surface area contributed by atoms with E-state index in [0.717, 1.165) is 4.90 Å². The number of para-hydroxylation sites is 1. The molecule has 0 atom stereocenters. The summed E-state index contributed by atoms with van der Waals surface area (Å²) in [4.78, 5) is 43.4. The highest BCUT2D eigenvalue weighted by atomic mass is 16.4. The number of nitrogens with one attached hydrogen (secondary N) is 2. The highest BCUT2D eigenvalue weighted by Crippen LogP contribution is 2.30. The number of aromatic nitrogens is 1. The molecule has 9 heteroatoms. The molecule has 0 saturated heterocycles. The molecule has 0 fully saturated rings. The van der Waals surface area contributed by atoms with Crippen LogP contribution in [0.5, 0.6) is 0 Å². The lowest BCUT2D eigenvalue weighted by atomic mass is 9.94. The molecule has 36 heavy (non-hydrogen) atoms. The Kier molecular flexibility index (Phi) is 7.96. The Bertz CT molecular complexity index is 1340. The highest BCUT2D eigenvalue weighted by Gasteiger charge is 2.26. The van der Waals surface area contributed by atoms with E-state index in [1.54, 1.807) is 54.6 Å². The number of guanidine groups is 1. The summed E-state index contributed by atoms with van der Waals surface area (Å²) in [5.41, 5.74) is 6.79. The van der Waals surface area contributed by atoms with Gasteiger partial charge in [-0.2, -0.15) is 0 Å². The predicted molar refractivity (Wildman–Crippen MR) is 139 cm³/mol. The molecule has 0 aliphatic rings. The lowest BCUT2D eigenvalue weighted by Crippen LogP contribution is -2.41. The number of amides is 2. The summed E-state index contributed by atoms with van der Waals surface area (Å²) in [6.07, 6.45) is 1.54. The van der Waals surface area contributed by atoms with Crippen LogP contribution in [-0.4, -0.2) is 40.4 Å². The normalized spacial score (nSPS) is 10.5. The number of carbonyl (C=O) groups is 3. The summed E-state index contributed by atoms with van der Waals surface area (Å²) in [5.74, 6) is -2.79. The van der Waals surface area contributed by atoms with Crippen LogP contribution in [0.2, 0.25) is 0 Å². The van der Waals surface area contributed by atoms with Gasteiger partial charge in [-0.3, -0.25) is 15.0 Å². The van der Waals surface area contributed by atoms with E-state index >= 15 is 0 Å². The number of anilines is 1. The van der Waals surface area contributed by atoms with Crippen molar-refractivity contribution < 1.29 is 19.5 Å². The number of nitrogens with two attached hydrogens (primary N) is 1. The minimum Gasteiger partial charge on any atom is -0.476 e. The summed E-state index contributed by atoms with van der Waals surface area (Å²) in [6.45, 7) is 8.02. The van der Waals surface area contributed by atoms with Gasteiger partial charge in [0.05, 0.1) is 5.69 Å². The molecular weight excluding hydrogens is 458 g/mol. The molecule has 1 heterocycles. The summed E-state index contributed by atoms with van der Waals surface area (Å²) in [6, 6.07) is 16.1. The summed E-state index contributed by atoms with van der Waals surface area (Å²) < 4.78 is 0. The lowest BCUT2D eigenvalue weighted by molar-refractivity contribution is 0.0691. The van der Waals surface area contributed by atoms with Crippen molar-refractivity contribution in [3.63, 3.8) is 0 Å². The maximum Gasteiger partial charge on any atom is 0.355 e. The van der Waals surface area contributed by atoms with Gasteiger partial charge in [0, 0.05) is 17.7 Å². The molecule has 0 aliphatic heterocycles. The van der Waals surface area contributed by atoms with Crippen molar-refractivity contribution in [2.75, 3.05) is 11.4 Å². The standard InChI is InChI=1S/C27H27N5O4/c1-4-17-10-11-19(21(14-17)25(34)32(27(28)29)18-8-6-5-7-9-18)20-12-13-22(31-23(20)26(35)36)24(33)30-15-16(2)3/h4-14,16H,1,15H2,2-3H3,(H3,28,29)(H,30,33)(H,35,36). The number of carboxylic acid groups (broad SMARTS) is 1. The molecule has 0 spiro atoms. The maximum absolute atomic E-state index is 13.7. The monoisotopic (exact) mass is 485 g/mol. The Morgan fingerprint density at radius 3 is 2.36 bits per heavy atom. The van der Waals surface area contributed by atoms with E-state index in [9.17, 15) is 19.5 Å². The Balaban J connectivity index is 2.16. The fourth-order valence-corrected chi connectivity index (χ4v) is 3.52. The summed E-state index contributed by atoms with van der Waals surface area (Å²) in [5, 5.41) is 20.6. The van der Waals surface area contributed by atoms with Crippen molar-refractivity contribution >= 4 is 35.5 Å². The van der Waals surface area contributed by atoms with E-state index in [-0.39, 0.29) is 34.0 Å². The second-order valence-electron chi connectivity index (χ2n) is 8.37. The molecule has 2 amide bonds. The van der Waals surface area contributed by atoms with Gasteiger partial charge >= 0.3 is 5.97 Å². The van der Waals surface area contributed by atoms with Crippen molar-refractivity contribution in [3.05, 3.63) is 89.8 Å². The smallest absolute Gasteiger partial charge is 0.355 e. The van der Waals surface area contributed by atoms with Gasteiger partial charge in [0.2, 0.25) is 0 Å². The molecule has 0 saturated carbocycles. The summed E-state index contributed by atoms with van der Waals surface area (Å²) >= 11 is 0. The number of hydrogen-bond acceptors (Lipinski definition) is 5. The van der Waals surface area contributed by atoms with Crippen LogP contribution in [0, 0.1) is 11.3 Å². The molecule has 2 aromatic carbocycles. The SMILES string of the molecule is C=Cc1ccc(-c2ccc(C(=O)NCC(C)C)nc2C(=O)O)c(C(=O)N(C(=N)N)c2ccccc2)c1. The number of carboxylic acids is 1. The Hall–Kier alpha value is -4.79. The van der Waals surface area contributed by atoms with Gasteiger partial charge in [0.25, 0.3) is 11.8 Å². The number of aromatic carboxylic acids is 1. The predicted octanol–water partition coefficient (Wildman–Crippen LogP) is 4.02. The molecule has 0 radical (unpaired) electrons. The molecule has 0 unspecified atom stereocenters. The van der Waals surface area contributed by atoms with Crippen LogP contribution in [0.3, 0.4) is 0 Å². The van der Waals surface area contributed by atoms with Gasteiger partial charge < -0.3 is 16.2 Å². The number of pyridine rings is 1. The summed E-state index contributed by atoms with van der Waals surface area (Å²) in [7, 11) is 0. The first-order valence-corrected chi connectivity index (χ1v) is 11.2. The molecule has 0 aliphatic carbocycles. The minimum atomic E-state index is -1.36. The van der Waals surface area contributed by atoms with Gasteiger partial charge in [-0.25, -0.2) is 14.7 Å². The molecule has 1 aromatic heterocycles. The van der Waals surface area contributed by atoms with Gasteiger partial charge in [0.1, 0.15) is 5.69 Å². The van der Waals surface area contributed by atoms with Crippen LogP contribution in [0.4, 0.5) is 5.69 Å². The number of rotatable bonds is 8. The van der Waals surface area contributed by atoms with E-state index in [4.69, 9.17) is 11.1 Å². The van der Waals surface area contributed by atoms with E-state index in [1.165, 1.54) is 12.1 Å². The van der Waals surface area contributed by atoms with Crippen LogP contribution in [0.1, 0.15) is 50.7 Å². The fraction of sp³-hybridized carbons (Fsp3) is 0.148. The van der Waals surface area contributed by atoms with Crippen molar-refractivity contribution in [3.8, 4) is 11.1 Å². The molecular formula is C27H27N5O4. The van der Waals surface area contributed by atoms with Crippen LogP contribution in [-0.2, 0) is 0 Å².